The fourth-order valence-corrected chi connectivity index (χ4v) is 2.31. The van der Waals surface area contributed by atoms with Gasteiger partial charge >= 0.3 is 0 Å². The molecule has 1 fully saturated rings. The fraction of sp³-hybridized carbons (Fsp3) is 1.00. The molecule has 0 saturated heterocycles. The number of aliphatic hydroxyl groups is 1. The van der Waals surface area contributed by atoms with E-state index in [-0.39, 0.29) is 12.1 Å². The number of nitrogens with one attached hydrogen (secondary N) is 1. The van der Waals surface area contributed by atoms with Crippen molar-refractivity contribution in [2.75, 3.05) is 19.8 Å². The van der Waals surface area contributed by atoms with Crippen LogP contribution in [-0.4, -0.2) is 36.5 Å². The van der Waals surface area contributed by atoms with Gasteiger partial charge in [-0.25, -0.2) is 0 Å². The van der Waals surface area contributed by atoms with Crippen LogP contribution >= 0.6 is 0 Å². The zero-order chi connectivity index (χ0) is 12.0. The van der Waals surface area contributed by atoms with Crippen LogP contribution in [0.25, 0.3) is 0 Å². The summed E-state index contributed by atoms with van der Waals surface area (Å²) in [7, 11) is 0. The molecule has 2 N–H and O–H groups in total. The highest BCUT2D eigenvalue weighted by Crippen LogP contribution is 2.39. The molecule has 2 unspecified atom stereocenters. The minimum absolute atomic E-state index is 0.184. The molecule has 96 valence electrons. The van der Waals surface area contributed by atoms with Crippen LogP contribution in [0.4, 0.5) is 0 Å². The summed E-state index contributed by atoms with van der Waals surface area (Å²) in [5, 5.41) is 13.0. The van der Waals surface area contributed by atoms with Gasteiger partial charge in [-0.05, 0) is 38.6 Å². The molecule has 1 aliphatic rings. The molecule has 0 aromatic carbocycles. The second-order valence-electron chi connectivity index (χ2n) is 5.03. The molecule has 1 rings (SSSR count). The lowest BCUT2D eigenvalue weighted by Crippen LogP contribution is -2.54. The normalized spacial score (nSPS) is 21.8. The van der Waals surface area contributed by atoms with Crippen LogP contribution in [-0.2, 0) is 4.74 Å². The van der Waals surface area contributed by atoms with E-state index in [1.165, 1.54) is 12.8 Å². The zero-order valence-corrected chi connectivity index (χ0v) is 11.0. The maximum atomic E-state index is 9.62. The molecule has 2 atom stereocenters. The Bertz CT molecular complexity index is 194. The van der Waals surface area contributed by atoms with Crippen LogP contribution in [0.1, 0.15) is 46.5 Å². The summed E-state index contributed by atoms with van der Waals surface area (Å²) >= 11 is 0. The summed E-state index contributed by atoms with van der Waals surface area (Å²) in [4.78, 5) is 0. The highest BCUT2D eigenvalue weighted by molar-refractivity contribution is 5.00. The van der Waals surface area contributed by atoms with Crippen LogP contribution in [0, 0.1) is 5.92 Å². The fourth-order valence-electron chi connectivity index (χ4n) is 2.31. The molecular formula is C13H27NO2. The second kappa shape index (κ2) is 6.58. The standard InChI is InChI=1S/C13H27NO2/c1-4-6-11(3)16-10-13(9-15,14-5-2)12-7-8-12/h11-12,14-15H,4-10H2,1-3H3. The van der Waals surface area contributed by atoms with Crippen LogP contribution in [0.15, 0.2) is 0 Å². The summed E-state index contributed by atoms with van der Waals surface area (Å²) in [5.41, 5.74) is -0.184. The van der Waals surface area contributed by atoms with Crippen LogP contribution in [0.2, 0.25) is 0 Å². The zero-order valence-electron chi connectivity index (χ0n) is 11.0. The summed E-state index contributed by atoms with van der Waals surface area (Å²) in [6.07, 6.45) is 4.99. The Balaban J connectivity index is 2.42. The lowest BCUT2D eigenvalue weighted by atomic mass is 9.95. The number of ether oxygens (including phenoxy) is 1. The number of likely N-dealkylation sites (N-methyl/N-ethyl adjacent to an activating group) is 1. The number of hydrogen-bond donors (Lipinski definition) is 2. The van der Waals surface area contributed by atoms with E-state index in [4.69, 9.17) is 4.74 Å². The van der Waals surface area contributed by atoms with E-state index in [0.29, 0.717) is 18.6 Å². The van der Waals surface area contributed by atoms with Crippen molar-refractivity contribution in [2.45, 2.75) is 58.1 Å². The van der Waals surface area contributed by atoms with E-state index >= 15 is 0 Å². The molecule has 0 radical (unpaired) electrons. The van der Waals surface area contributed by atoms with Gasteiger partial charge < -0.3 is 15.2 Å². The third kappa shape index (κ3) is 3.72. The Morgan fingerprint density at radius 3 is 2.56 bits per heavy atom. The van der Waals surface area contributed by atoms with Gasteiger partial charge in [0, 0.05) is 0 Å². The van der Waals surface area contributed by atoms with Gasteiger partial charge in [0.05, 0.1) is 24.9 Å². The second-order valence-corrected chi connectivity index (χ2v) is 5.03. The first-order chi connectivity index (χ1) is 7.68. The molecule has 0 spiro atoms. The van der Waals surface area contributed by atoms with Gasteiger partial charge in [0.1, 0.15) is 0 Å². The molecule has 0 aromatic heterocycles. The molecule has 16 heavy (non-hydrogen) atoms. The van der Waals surface area contributed by atoms with Crippen molar-refractivity contribution in [1.82, 2.24) is 5.32 Å². The quantitative estimate of drug-likeness (QED) is 0.635. The molecule has 0 aliphatic heterocycles. The molecule has 0 amide bonds. The number of rotatable bonds is 9. The van der Waals surface area contributed by atoms with E-state index in [0.717, 1.165) is 19.4 Å². The molecule has 0 heterocycles. The van der Waals surface area contributed by atoms with Crippen LogP contribution in [0.3, 0.4) is 0 Å². The third-order valence-corrected chi connectivity index (χ3v) is 3.49. The number of hydrogen-bond acceptors (Lipinski definition) is 3. The van der Waals surface area contributed by atoms with Gasteiger partial charge in [0.25, 0.3) is 0 Å². The summed E-state index contributed by atoms with van der Waals surface area (Å²) < 4.78 is 5.87. The van der Waals surface area contributed by atoms with Gasteiger partial charge in [0.2, 0.25) is 0 Å². The monoisotopic (exact) mass is 229 g/mol. The van der Waals surface area contributed by atoms with E-state index in [1.807, 2.05) is 0 Å². The van der Waals surface area contributed by atoms with E-state index in [1.54, 1.807) is 0 Å². The molecule has 3 nitrogen and oxygen atoms in total. The first kappa shape index (κ1) is 13.9. The average Bonchev–Trinajstić information content (AvgIpc) is 3.09. The van der Waals surface area contributed by atoms with Crippen molar-refractivity contribution in [3.8, 4) is 0 Å². The molecule has 0 bridgehead atoms. The third-order valence-electron chi connectivity index (χ3n) is 3.49. The van der Waals surface area contributed by atoms with E-state index in [2.05, 4.69) is 26.1 Å². The highest BCUT2D eigenvalue weighted by atomic mass is 16.5. The molecule has 1 aliphatic carbocycles. The SMILES string of the molecule is CCCC(C)OCC(CO)(NCC)C1CC1. The lowest BCUT2D eigenvalue weighted by molar-refractivity contribution is -0.0136. The molecule has 1 saturated carbocycles. The minimum atomic E-state index is -0.184. The Morgan fingerprint density at radius 1 is 1.44 bits per heavy atom. The van der Waals surface area contributed by atoms with Crippen molar-refractivity contribution in [3.05, 3.63) is 0 Å². The summed E-state index contributed by atoms with van der Waals surface area (Å²) in [5.74, 6) is 0.603. The average molecular weight is 229 g/mol. The largest absolute Gasteiger partial charge is 0.394 e. The van der Waals surface area contributed by atoms with Crippen molar-refractivity contribution in [2.24, 2.45) is 5.92 Å². The van der Waals surface area contributed by atoms with Crippen molar-refractivity contribution >= 4 is 0 Å². The minimum Gasteiger partial charge on any atom is -0.394 e. The number of aliphatic hydroxyl groups excluding tert-OH is 1. The molecule has 3 heteroatoms. The van der Waals surface area contributed by atoms with Crippen LogP contribution in [0.5, 0.6) is 0 Å². The molecular weight excluding hydrogens is 202 g/mol. The predicted molar refractivity (Wildman–Crippen MR) is 66.5 cm³/mol. The Labute approximate surface area is 99.6 Å². The maximum Gasteiger partial charge on any atom is 0.0679 e. The van der Waals surface area contributed by atoms with Crippen LogP contribution < -0.4 is 5.32 Å². The molecule has 0 aromatic rings. The van der Waals surface area contributed by atoms with Gasteiger partial charge in [-0.3, -0.25) is 0 Å². The van der Waals surface area contributed by atoms with Gasteiger partial charge in [-0.15, -0.1) is 0 Å². The topological polar surface area (TPSA) is 41.5 Å². The highest BCUT2D eigenvalue weighted by Gasteiger charge is 2.44. The summed E-state index contributed by atoms with van der Waals surface area (Å²) in [6, 6.07) is 0. The maximum absolute atomic E-state index is 9.62. The van der Waals surface area contributed by atoms with Gasteiger partial charge in [-0.2, -0.15) is 0 Å². The Kier molecular flexibility index (Phi) is 5.73. The summed E-state index contributed by atoms with van der Waals surface area (Å²) in [6.45, 7) is 8.09. The Morgan fingerprint density at radius 2 is 2.12 bits per heavy atom. The van der Waals surface area contributed by atoms with Crippen molar-refractivity contribution in [1.29, 1.82) is 0 Å². The van der Waals surface area contributed by atoms with E-state index in [9.17, 15) is 5.11 Å². The first-order valence-corrected chi connectivity index (χ1v) is 6.66. The van der Waals surface area contributed by atoms with Gasteiger partial charge in [-0.1, -0.05) is 20.3 Å². The van der Waals surface area contributed by atoms with E-state index < -0.39 is 0 Å². The predicted octanol–water partition coefficient (Wildman–Crippen LogP) is 1.94. The lowest BCUT2D eigenvalue weighted by Gasteiger charge is -2.34. The van der Waals surface area contributed by atoms with Gasteiger partial charge in [0.15, 0.2) is 0 Å². The Hall–Kier alpha value is -0.120. The van der Waals surface area contributed by atoms with Crippen molar-refractivity contribution < 1.29 is 9.84 Å². The first-order valence-electron chi connectivity index (χ1n) is 6.66. The smallest absolute Gasteiger partial charge is 0.0679 e. The van der Waals surface area contributed by atoms with Crippen molar-refractivity contribution in [3.63, 3.8) is 0 Å².